The summed E-state index contributed by atoms with van der Waals surface area (Å²) in [6.07, 6.45) is -0.0222. The Bertz CT molecular complexity index is 789. The van der Waals surface area contributed by atoms with Crippen molar-refractivity contribution in [3.63, 3.8) is 0 Å². The maximum atomic E-state index is 12.6. The first-order valence-corrected chi connectivity index (χ1v) is 8.67. The SMILES string of the molecule is CCOC(=O)C(C#N)C(CC(=O)c1ccc(Br)cc1)c1ccc(C)o1. The van der Waals surface area contributed by atoms with Crippen molar-refractivity contribution < 1.29 is 18.7 Å². The number of ketones is 1. The molecule has 0 aliphatic heterocycles. The number of halogens is 1. The summed E-state index contributed by atoms with van der Waals surface area (Å²) in [6.45, 7) is 3.61. The van der Waals surface area contributed by atoms with Crippen LogP contribution in [0.25, 0.3) is 0 Å². The summed E-state index contributed by atoms with van der Waals surface area (Å²) >= 11 is 3.33. The van der Waals surface area contributed by atoms with Crippen molar-refractivity contribution in [3.05, 3.63) is 58.0 Å². The Hall–Kier alpha value is -2.39. The molecule has 0 spiro atoms. The first-order chi connectivity index (χ1) is 12.0. The van der Waals surface area contributed by atoms with Gasteiger partial charge in [0.2, 0.25) is 0 Å². The first kappa shape index (κ1) is 18.9. The summed E-state index contributed by atoms with van der Waals surface area (Å²) in [5.41, 5.74) is 0.511. The van der Waals surface area contributed by atoms with Gasteiger partial charge in [-0.05, 0) is 38.1 Å². The number of Topliss-reactive ketones (excluding diaryl/α,β-unsaturated/α-hetero) is 1. The van der Waals surface area contributed by atoms with Crippen molar-refractivity contribution in [1.82, 2.24) is 0 Å². The van der Waals surface area contributed by atoms with E-state index in [1.165, 1.54) is 0 Å². The van der Waals surface area contributed by atoms with Crippen LogP contribution in [0, 0.1) is 24.2 Å². The Morgan fingerprint density at radius 1 is 1.24 bits per heavy atom. The van der Waals surface area contributed by atoms with Crippen LogP contribution in [-0.2, 0) is 9.53 Å². The van der Waals surface area contributed by atoms with Gasteiger partial charge in [0.15, 0.2) is 11.7 Å². The molecule has 0 radical (unpaired) electrons. The Labute approximate surface area is 154 Å². The Morgan fingerprint density at radius 3 is 2.44 bits per heavy atom. The molecule has 130 valence electrons. The van der Waals surface area contributed by atoms with E-state index in [-0.39, 0.29) is 18.8 Å². The molecular formula is C19H18BrNO4. The predicted molar refractivity (Wildman–Crippen MR) is 95.0 cm³/mol. The van der Waals surface area contributed by atoms with Gasteiger partial charge in [0.25, 0.3) is 0 Å². The number of nitrogens with zero attached hydrogens (tertiary/aromatic N) is 1. The zero-order valence-electron chi connectivity index (χ0n) is 14.0. The molecule has 1 heterocycles. The molecule has 0 saturated heterocycles. The normalized spacial score (nSPS) is 12.9. The van der Waals surface area contributed by atoms with Gasteiger partial charge in [0, 0.05) is 16.5 Å². The van der Waals surface area contributed by atoms with Gasteiger partial charge in [-0.15, -0.1) is 0 Å². The smallest absolute Gasteiger partial charge is 0.324 e. The number of carbonyl (C=O) groups excluding carboxylic acids is 2. The van der Waals surface area contributed by atoms with E-state index >= 15 is 0 Å². The van der Waals surface area contributed by atoms with Crippen LogP contribution in [0.5, 0.6) is 0 Å². The van der Waals surface area contributed by atoms with Gasteiger partial charge in [-0.1, -0.05) is 28.1 Å². The third-order valence-electron chi connectivity index (χ3n) is 3.78. The molecule has 1 aromatic carbocycles. The molecule has 2 atom stereocenters. The van der Waals surface area contributed by atoms with E-state index in [1.54, 1.807) is 50.2 Å². The van der Waals surface area contributed by atoms with E-state index in [1.807, 2.05) is 6.07 Å². The molecule has 2 unspecified atom stereocenters. The van der Waals surface area contributed by atoms with E-state index < -0.39 is 17.8 Å². The minimum Gasteiger partial charge on any atom is -0.466 e. The summed E-state index contributed by atoms with van der Waals surface area (Å²) in [5, 5.41) is 9.47. The lowest BCUT2D eigenvalue weighted by molar-refractivity contribution is -0.146. The minimum atomic E-state index is -1.11. The molecule has 2 aromatic rings. The summed E-state index contributed by atoms with van der Waals surface area (Å²) < 4.78 is 11.4. The van der Waals surface area contributed by atoms with Crippen LogP contribution in [0.1, 0.15) is 41.1 Å². The molecule has 25 heavy (non-hydrogen) atoms. The van der Waals surface area contributed by atoms with Crippen molar-refractivity contribution in [1.29, 1.82) is 5.26 Å². The minimum absolute atomic E-state index is 0.0222. The fourth-order valence-corrected chi connectivity index (χ4v) is 2.79. The second kappa shape index (κ2) is 8.63. The maximum absolute atomic E-state index is 12.6. The fraction of sp³-hybridized carbons (Fsp3) is 0.316. The molecule has 0 aliphatic carbocycles. The van der Waals surface area contributed by atoms with Gasteiger partial charge in [-0.25, -0.2) is 0 Å². The third kappa shape index (κ3) is 4.80. The van der Waals surface area contributed by atoms with Crippen molar-refractivity contribution in [2.75, 3.05) is 6.61 Å². The molecule has 0 aliphatic rings. The number of carbonyl (C=O) groups is 2. The molecule has 0 N–H and O–H groups in total. The number of rotatable bonds is 7. The third-order valence-corrected chi connectivity index (χ3v) is 4.31. The lowest BCUT2D eigenvalue weighted by Crippen LogP contribution is -2.25. The number of hydrogen-bond acceptors (Lipinski definition) is 5. The lowest BCUT2D eigenvalue weighted by Gasteiger charge is -2.18. The average Bonchev–Trinajstić information content (AvgIpc) is 3.01. The molecule has 1 aromatic heterocycles. The van der Waals surface area contributed by atoms with Gasteiger partial charge in [-0.2, -0.15) is 5.26 Å². The van der Waals surface area contributed by atoms with Gasteiger partial charge < -0.3 is 9.15 Å². The van der Waals surface area contributed by atoms with Crippen LogP contribution >= 0.6 is 15.9 Å². The maximum Gasteiger partial charge on any atom is 0.324 e. The number of hydrogen-bond donors (Lipinski definition) is 0. The van der Waals surface area contributed by atoms with Crippen molar-refractivity contribution in [3.8, 4) is 6.07 Å². The monoisotopic (exact) mass is 403 g/mol. The summed E-state index contributed by atoms with van der Waals surface area (Å²) in [6, 6.07) is 12.3. The molecule has 0 amide bonds. The van der Waals surface area contributed by atoms with E-state index in [2.05, 4.69) is 15.9 Å². The largest absolute Gasteiger partial charge is 0.466 e. The van der Waals surface area contributed by atoms with Crippen molar-refractivity contribution in [2.24, 2.45) is 5.92 Å². The van der Waals surface area contributed by atoms with E-state index in [4.69, 9.17) is 9.15 Å². The topological polar surface area (TPSA) is 80.3 Å². The average molecular weight is 404 g/mol. The zero-order valence-corrected chi connectivity index (χ0v) is 15.6. The van der Waals surface area contributed by atoms with Gasteiger partial charge >= 0.3 is 5.97 Å². The number of furan rings is 1. The molecular weight excluding hydrogens is 386 g/mol. The van der Waals surface area contributed by atoms with E-state index in [9.17, 15) is 14.9 Å². The van der Waals surface area contributed by atoms with Crippen LogP contribution in [0.3, 0.4) is 0 Å². The Kier molecular flexibility index (Phi) is 6.54. The summed E-state index contributed by atoms with van der Waals surface area (Å²) in [5.74, 6) is -1.54. The molecule has 6 heteroatoms. The van der Waals surface area contributed by atoms with Gasteiger partial charge in [0.05, 0.1) is 18.6 Å². The highest BCUT2D eigenvalue weighted by Crippen LogP contribution is 2.32. The highest BCUT2D eigenvalue weighted by molar-refractivity contribution is 9.10. The molecule has 5 nitrogen and oxygen atoms in total. The highest BCUT2D eigenvalue weighted by atomic mass is 79.9. The Balaban J connectivity index is 2.31. The fourth-order valence-electron chi connectivity index (χ4n) is 2.53. The van der Waals surface area contributed by atoms with Crippen LogP contribution in [0.2, 0.25) is 0 Å². The number of ether oxygens (including phenoxy) is 1. The zero-order chi connectivity index (χ0) is 18.4. The van der Waals surface area contributed by atoms with Crippen LogP contribution in [0.4, 0.5) is 0 Å². The number of aryl methyl sites for hydroxylation is 1. The molecule has 0 bridgehead atoms. The van der Waals surface area contributed by atoms with Crippen LogP contribution in [-0.4, -0.2) is 18.4 Å². The summed E-state index contributed by atoms with van der Waals surface area (Å²) in [4.78, 5) is 24.8. The Morgan fingerprint density at radius 2 is 1.92 bits per heavy atom. The molecule has 0 saturated carbocycles. The van der Waals surface area contributed by atoms with Crippen LogP contribution in [0.15, 0.2) is 45.3 Å². The second-order valence-electron chi connectivity index (χ2n) is 5.55. The lowest BCUT2D eigenvalue weighted by atomic mass is 9.85. The molecule has 2 rings (SSSR count). The number of esters is 1. The number of benzene rings is 1. The van der Waals surface area contributed by atoms with Gasteiger partial charge in [0.1, 0.15) is 11.5 Å². The van der Waals surface area contributed by atoms with Crippen molar-refractivity contribution in [2.45, 2.75) is 26.2 Å². The van der Waals surface area contributed by atoms with E-state index in [0.717, 1.165) is 4.47 Å². The summed E-state index contributed by atoms with van der Waals surface area (Å²) in [7, 11) is 0. The molecule has 0 fully saturated rings. The predicted octanol–water partition coefficient (Wildman–Crippen LogP) is 4.41. The first-order valence-electron chi connectivity index (χ1n) is 7.87. The quantitative estimate of drug-likeness (QED) is 0.505. The standard InChI is InChI=1S/C19H18BrNO4/c1-3-24-19(23)16(11-21)15(18-9-4-12(2)25-18)10-17(22)13-5-7-14(20)8-6-13/h4-9,15-16H,3,10H2,1-2H3. The van der Waals surface area contributed by atoms with Crippen LogP contribution < -0.4 is 0 Å². The van der Waals surface area contributed by atoms with Gasteiger partial charge in [-0.3, -0.25) is 9.59 Å². The van der Waals surface area contributed by atoms with E-state index in [0.29, 0.717) is 17.1 Å². The van der Waals surface area contributed by atoms with Crippen molar-refractivity contribution >= 4 is 27.7 Å². The second-order valence-corrected chi connectivity index (χ2v) is 6.46. The highest BCUT2D eigenvalue weighted by Gasteiger charge is 2.35. The number of nitriles is 1.